The van der Waals surface area contributed by atoms with Crippen molar-refractivity contribution in [3.8, 4) is 0 Å². The molecular formula is C9H10CuO2. The van der Waals surface area contributed by atoms with Gasteiger partial charge in [0, 0.05) is 17.1 Å². The van der Waals surface area contributed by atoms with Gasteiger partial charge in [-0.3, -0.25) is 4.79 Å². The molecule has 2 nitrogen and oxygen atoms in total. The Kier molecular flexibility index (Phi) is 4.64. The van der Waals surface area contributed by atoms with E-state index in [9.17, 15) is 4.79 Å². The van der Waals surface area contributed by atoms with Gasteiger partial charge in [-0.25, -0.2) is 0 Å². The molecular weight excluding hydrogens is 204 g/mol. The molecule has 0 heterocycles. The molecule has 0 spiro atoms. The molecule has 0 fully saturated rings. The van der Waals surface area contributed by atoms with E-state index in [-0.39, 0.29) is 17.1 Å². The molecule has 0 amide bonds. The number of benzene rings is 1. The fraction of sp³-hybridized carbons (Fsp3) is 0.222. The van der Waals surface area contributed by atoms with Gasteiger partial charge in [0.05, 0.1) is 5.92 Å². The largest absolute Gasteiger partial charge is 0.481 e. The van der Waals surface area contributed by atoms with Crippen LogP contribution >= 0.6 is 0 Å². The van der Waals surface area contributed by atoms with Crippen molar-refractivity contribution in [3.05, 3.63) is 35.9 Å². The number of carbonyl (C=O) groups is 1. The van der Waals surface area contributed by atoms with Crippen LogP contribution in [0.3, 0.4) is 0 Å². The molecule has 1 radical (unpaired) electrons. The Balaban J connectivity index is 0.00000121. The molecule has 3 heteroatoms. The second kappa shape index (κ2) is 4.96. The summed E-state index contributed by atoms with van der Waals surface area (Å²) < 4.78 is 0. The summed E-state index contributed by atoms with van der Waals surface area (Å²) in [6.07, 6.45) is 0. The van der Waals surface area contributed by atoms with Gasteiger partial charge in [0.1, 0.15) is 0 Å². The van der Waals surface area contributed by atoms with Gasteiger partial charge in [-0.15, -0.1) is 0 Å². The van der Waals surface area contributed by atoms with Crippen LogP contribution in [0.5, 0.6) is 0 Å². The summed E-state index contributed by atoms with van der Waals surface area (Å²) in [5.74, 6) is -1.19. The van der Waals surface area contributed by atoms with Crippen LogP contribution in [-0.2, 0) is 21.9 Å². The summed E-state index contributed by atoms with van der Waals surface area (Å²) in [5, 5.41) is 8.64. The molecule has 1 N–H and O–H groups in total. The Morgan fingerprint density at radius 2 is 1.83 bits per heavy atom. The molecule has 69 valence electrons. The van der Waals surface area contributed by atoms with Gasteiger partial charge in [-0.1, -0.05) is 30.3 Å². The molecule has 0 aliphatic carbocycles. The summed E-state index contributed by atoms with van der Waals surface area (Å²) in [6.45, 7) is 1.68. The topological polar surface area (TPSA) is 37.3 Å². The van der Waals surface area contributed by atoms with Crippen molar-refractivity contribution in [1.29, 1.82) is 0 Å². The first-order valence-corrected chi connectivity index (χ1v) is 3.49. The van der Waals surface area contributed by atoms with Gasteiger partial charge >= 0.3 is 5.97 Å². The molecule has 12 heavy (non-hydrogen) atoms. The van der Waals surface area contributed by atoms with E-state index in [4.69, 9.17) is 5.11 Å². The zero-order chi connectivity index (χ0) is 8.27. The fourth-order valence-electron chi connectivity index (χ4n) is 0.884. The molecule has 0 saturated carbocycles. The van der Waals surface area contributed by atoms with Gasteiger partial charge in [-0.05, 0) is 12.5 Å². The van der Waals surface area contributed by atoms with Crippen molar-refractivity contribution < 1.29 is 27.0 Å². The van der Waals surface area contributed by atoms with Gasteiger partial charge in [-0.2, -0.15) is 0 Å². The van der Waals surface area contributed by atoms with Crippen LogP contribution < -0.4 is 0 Å². The maximum absolute atomic E-state index is 10.5. The normalized spacial score (nSPS) is 11.4. The predicted octanol–water partition coefficient (Wildman–Crippen LogP) is 1.87. The van der Waals surface area contributed by atoms with E-state index in [2.05, 4.69) is 0 Å². The first-order valence-electron chi connectivity index (χ1n) is 3.49. The predicted molar refractivity (Wildman–Crippen MR) is 42.5 cm³/mol. The van der Waals surface area contributed by atoms with Gasteiger partial charge in [0.15, 0.2) is 0 Å². The number of carboxylic acid groups (broad SMARTS) is 1. The van der Waals surface area contributed by atoms with Gasteiger partial charge < -0.3 is 5.11 Å². The number of carboxylic acids is 1. The smallest absolute Gasteiger partial charge is 0.310 e. The molecule has 1 aromatic carbocycles. The maximum atomic E-state index is 10.5. The summed E-state index contributed by atoms with van der Waals surface area (Å²) in [7, 11) is 0. The standard InChI is InChI=1S/C9H10O2.Cu/c1-7(9(10)11)8-5-3-2-4-6-8;/h2-7H,1H3,(H,10,11);. The molecule has 1 unspecified atom stereocenters. The minimum absolute atomic E-state index is 0. The van der Waals surface area contributed by atoms with E-state index in [1.165, 1.54) is 0 Å². The van der Waals surface area contributed by atoms with Crippen LogP contribution in [0.2, 0.25) is 0 Å². The molecule has 0 aromatic heterocycles. The summed E-state index contributed by atoms with van der Waals surface area (Å²) >= 11 is 0. The van der Waals surface area contributed by atoms with Crippen LogP contribution in [0.25, 0.3) is 0 Å². The van der Waals surface area contributed by atoms with Crippen LogP contribution in [0.1, 0.15) is 18.4 Å². The van der Waals surface area contributed by atoms with E-state index < -0.39 is 11.9 Å². The van der Waals surface area contributed by atoms with Gasteiger partial charge in [0.25, 0.3) is 0 Å². The Bertz CT molecular complexity index is 246. The number of hydrogen-bond donors (Lipinski definition) is 1. The molecule has 0 bridgehead atoms. The summed E-state index contributed by atoms with van der Waals surface area (Å²) in [5.41, 5.74) is 0.847. The van der Waals surface area contributed by atoms with Crippen molar-refractivity contribution in [2.45, 2.75) is 12.8 Å². The number of rotatable bonds is 2. The van der Waals surface area contributed by atoms with Crippen LogP contribution in [0, 0.1) is 0 Å². The molecule has 1 rings (SSSR count). The van der Waals surface area contributed by atoms with E-state index in [1.807, 2.05) is 30.3 Å². The fourth-order valence-corrected chi connectivity index (χ4v) is 0.884. The molecule has 0 saturated heterocycles. The Labute approximate surface area is 82.1 Å². The number of aliphatic carboxylic acids is 1. The van der Waals surface area contributed by atoms with E-state index >= 15 is 0 Å². The van der Waals surface area contributed by atoms with Crippen molar-refractivity contribution in [1.82, 2.24) is 0 Å². The van der Waals surface area contributed by atoms with E-state index in [1.54, 1.807) is 6.92 Å². The van der Waals surface area contributed by atoms with Crippen molar-refractivity contribution >= 4 is 5.97 Å². The maximum Gasteiger partial charge on any atom is 0.310 e. The first kappa shape index (κ1) is 11.2. The minimum atomic E-state index is -0.781. The van der Waals surface area contributed by atoms with Gasteiger partial charge in [0.2, 0.25) is 0 Å². The van der Waals surface area contributed by atoms with Crippen molar-refractivity contribution in [2.75, 3.05) is 0 Å². The summed E-state index contributed by atoms with van der Waals surface area (Å²) in [6, 6.07) is 9.19. The Hall–Kier alpha value is -0.791. The quantitative estimate of drug-likeness (QED) is 0.762. The Morgan fingerprint density at radius 1 is 1.33 bits per heavy atom. The minimum Gasteiger partial charge on any atom is -0.481 e. The molecule has 1 atom stereocenters. The van der Waals surface area contributed by atoms with E-state index in [0.717, 1.165) is 5.56 Å². The average Bonchev–Trinajstić information content (AvgIpc) is 2.05. The molecule has 0 aliphatic rings. The summed E-state index contributed by atoms with van der Waals surface area (Å²) in [4.78, 5) is 10.5. The van der Waals surface area contributed by atoms with Crippen molar-refractivity contribution in [2.24, 2.45) is 0 Å². The molecule has 1 aromatic rings. The first-order chi connectivity index (χ1) is 5.22. The zero-order valence-electron chi connectivity index (χ0n) is 6.62. The third-order valence-electron chi connectivity index (χ3n) is 1.67. The molecule has 0 aliphatic heterocycles. The second-order valence-electron chi connectivity index (χ2n) is 2.47. The SMILES string of the molecule is CC(C(=O)O)c1ccccc1.[Cu]. The van der Waals surface area contributed by atoms with Crippen LogP contribution in [-0.4, -0.2) is 11.1 Å². The van der Waals surface area contributed by atoms with Crippen molar-refractivity contribution in [3.63, 3.8) is 0 Å². The Morgan fingerprint density at radius 3 is 2.25 bits per heavy atom. The van der Waals surface area contributed by atoms with Crippen LogP contribution in [0.4, 0.5) is 0 Å². The third-order valence-corrected chi connectivity index (χ3v) is 1.67. The van der Waals surface area contributed by atoms with Crippen LogP contribution in [0.15, 0.2) is 30.3 Å². The number of hydrogen-bond acceptors (Lipinski definition) is 1. The second-order valence-corrected chi connectivity index (χ2v) is 2.47. The third kappa shape index (κ3) is 2.68. The monoisotopic (exact) mass is 213 g/mol. The zero-order valence-corrected chi connectivity index (χ0v) is 7.56. The van der Waals surface area contributed by atoms with E-state index in [0.29, 0.717) is 0 Å². The average molecular weight is 214 g/mol.